The highest BCUT2D eigenvalue weighted by atomic mass is 15.0. The van der Waals surface area contributed by atoms with Crippen LogP contribution in [0.25, 0.3) is 10.9 Å². The lowest BCUT2D eigenvalue weighted by molar-refractivity contribution is 0.396. The Morgan fingerprint density at radius 3 is 2.94 bits per heavy atom. The summed E-state index contributed by atoms with van der Waals surface area (Å²) in [6.07, 6.45) is 6.19. The van der Waals surface area contributed by atoms with Gasteiger partial charge in [0, 0.05) is 23.1 Å². The van der Waals surface area contributed by atoms with Gasteiger partial charge in [-0.1, -0.05) is 24.6 Å². The quantitative estimate of drug-likeness (QED) is 0.840. The van der Waals surface area contributed by atoms with E-state index in [1.165, 1.54) is 35.7 Å². The Morgan fingerprint density at radius 2 is 2.12 bits per heavy atom. The number of rotatable bonds is 2. The number of para-hydroxylation sites is 1. The van der Waals surface area contributed by atoms with Crippen LogP contribution in [0, 0.1) is 12.8 Å². The molecule has 1 aromatic heterocycles. The second-order valence-corrected chi connectivity index (χ2v) is 5.23. The number of fused-ring (bicyclic) bond motifs is 1. The maximum absolute atomic E-state index is 5.90. The summed E-state index contributed by atoms with van der Waals surface area (Å²) in [5, 5.41) is 1.38. The van der Waals surface area contributed by atoms with E-state index in [1.807, 2.05) is 0 Å². The van der Waals surface area contributed by atoms with Crippen molar-refractivity contribution in [1.29, 1.82) is 0 Å². The molecule has 2 unspecified atom stereocenters. The van der Waals surface area contributed by atoms with Crippen molar-refractivity contribution in [3.63, 3.8) is 0 Å². The van der Waals surface area contributed by atoms with Crippen molar-refractivity contribution in [3.8, 4) is 0 Å². The third-order valence-electron chi connectivity index (χ3n) is 4.22. The van der Waals surface area contributed by atoms with Gasteiger partial charge in [0.05, 0.1) is 0 Å². The van der Waals surface area contributed by atoms with Gasteiger partial charge in [0.2, 0.25) is 0 Å². The lowest BCUT2D eigenvalue weighted by Crippen LogP contribution is -2.21. The number of benzene rings is 1. The average Bonchev–Trinajstić information content (AvgIpc) is 2.94. The van der Waals surface area contributed by atoms with Crippen LogP contribution in [0.4, 0.5) is 0 Å². The Labute approximate surface area is 102 Å². The zero-order valence-corrected chi connectivity index (χ0v) is 10.4. The predicted molar refractivity (Wildman–Crippen MR) is 72.1 cm³/mol. The number of nitrogens with two attached hydrogens (primary N) is 1. The van der Waals surface area contributed by atoms with E-state index in [9.17, 15) is 0 Å². The van der Waals surface area contributed by atoms with Gasteiger partial charge in [-0.3, -0.25) is 0 Å². The van der Waals surface area contributed by atoms with Gasteiger partial charge in [-0.25, -0.2) is 0 Å². The highest BCUT2D eigenvalue weighted by molar-refractivity contribution is 5.83. The van der Waals surface area contributed by atoms with Crippen LogP contribution in [0.3, 0.4) is 0 Å². The minimum absolute atomic E-state index is 0.610. The van der Waals surface area contributed by atoms with Gasteiger partial charge in [-0.15, -0.1) is 0 Å². The van der Waals surface area contributed by atoms with Crippen LogP contribution in [0.2, 0.25) is 0 Å². The Balaban J connectivity index is 2.11. The Morgan fingerprint density at radius 1 is 1.29 bits per heavy atom. The van der Waals surface area contributed by atoms with E-state index >= 15 is 0 Å². The minimum atomic E-state index is 0.610. The van der Waals surface area contributed by atoms with Gasteiger partial charge in [0.15, 0.2) is 0 Å². The molecule has 2 atom stereocenters. The lowest BCUT2D eigenvalue weighted by atomic mass is 10.0. The van der Waals surface area contributed by atoms with Crippen molar-refractivity contribution in [1.82, 2.24) is 4.57 Å². The molecule has 2 nitrogen and oxygen atoms in total. The van der Waals surface area contributed by atoms with Gasteiger partial charge < -0.3 is 10.3 Å². The van der Waals surface area contributed by atoms with Crippen molar-refractivity contribution in [2.75, 3.05) is 6.54 Å². The topological polar surface area (TPSA) is 30.9 Å². The fourth-order valence-corrected chi connectivity index (χ4v) is 3.31. The molecule has 1 aliphatic rings. The fourth-order valence-electron chi connectivity index (χ4n) is 3.31. The number of aromatic nitrogens is 1. The molecule has 0 amide bonds. The molecular formula is C15H20N2. The van der Waals surface area contributed by atoms with E-state index in [0.29, 0.717) is 12.0 Å². The SMILES string of the molecule is Cc1cn(C2CCCC2CN)c2ccccc12. The summed E-state index contributed by atoms with van der Waals surface area (Å²) in [4.78, 5) is 0. The Kier molecular flexibility index (Phi) is 2.67. The van der Waals surface area contributed by atoms with Crippen LogP contribution in [-0.4, -0.2) is 11.1 Å². The van der Waals surface area contributed by atoms with Gasteiger partial charge in [-0.2, -0.15) is 0 Å². The molecule has 17 heavy (non-hydrogen) atoms. The minimum Gasteiger partial charge on any atom is -0.344 e. The van der Waals surface area contributed by atoms with Gasteiger partial charge >= 0.3 is 0 Å². The zero-order valence-electron chi connectivity index (χ0n) is 10.4. The monoisotopic (exact) mass is 228 g/mol. The second kappa shape index (κ2) is 4.19. The first-order valence-corrected chi connectivity index (χ1v) is 6.57. The van der Waals surface area contributed by atoms with Crippen molar-refractivity contribution < 1.29 is 0 Å². The highest BCUT2D eigenvalue weighted by Crippen LogP contribution is 2.38. The van der Waals surface area contributed by atoms with Crippen molar-refractivity contribution in [3.05, 3.63) is 36.0 Å². The summed E-state index contributed by atoms with van der Waals surface area (Å²) in [5.74, 6) is 0.658. The molecule has 0 spiro atoms. The molecule has 0 aliphatic heterocycles. The molecule has 2 aromatic rings. The van der Waals surface area contributed by atoms with Crippen LogP contribution in [0.15, 0.2) is 30.5 Å². The Bertz CT molecular complexity index is 527. The predicted octanol–water partition coefficient (Wildman–Crippen LogP) is 3.25. The molecule has 3 rings (SSSR count). The standard InChI is InChI=1S/C15H20N2/c1-11-10-17(14-8-4-5-12(14)9-16)15-7-3-2-6-13(11)15/h2-3,6-7,10,12,14H,4-5,8-9,16H2,1H3. The maximum atomic E-state index is 5.90. The van der Waals surface area contributed by atoms with Gasteiger partial charge in [0.25, 0.3) is 0 Å². The zero-order chi connectivity index (χ0) is 11.8. The summed E-state index contributed by atoms with van der Waals surface area (Å²) in [7, 11) is 0. The molecule has 1 saturated carbocycles. The highest BCUT2D eigenvalue weighted by Gasteiger charge is 2.28. The van der Waals surface area contributed by atoms with Gasteiger partial charge in [-0.05, 0) is 43.9 Å². The summed E-state index contributed by atoms with van der Waals surface area (Å²) < 4.78 is 2.47. The average molecular weight is 228 g/mol. The molecule has 0 saturated heterocycles. The lowest BCUT2D eigenvalue weighted by Gasteiger charge is -2.21. The number of aryl methyl sites for hydroxylation is 1. The molecule has 1 heterocycles. The van der Waals surface area contributed by atoms with E-state index < -0.39 is 0 Å². The Hall–Kier alpha value is -1.28. The van der Waals surface area contributed by atoms with Crippen LogP contribution in [0.1, 0.15) is 30.9 Å². The molecule has 1 aliphatic carbocycles. The van der Waals surface area contributed by atoms with Crippen LogP contribution < -0.4 is 5.73 Å². The maximum Gasteiger partial charge on any atom is 0.0485 e. The summed E-state index contributed by atoms with van der Waals surface area (Å²) in [6, 6.07) is 9.31. The molecule has 90 valence electrons. The molecule has 0 radical (unpaired) electrons. The van der Waals surface area contributed by atoms with Crippen molar-refractivity contribution in [2.24, 2.45) is 11.7 Å². The fraction of sp³-hybridized carbons (Fsp3) is 0.467. The van der Waals surface area contributed by atoms with E-state index in [0.717, 1.165) is 6.54 Å². The summed E-state index contributed by atoms with van der Waals surface area (Å²) in [5.41, 5.74) is 8.65. The van der Waals surface area contributed by atoms with E-state index in [4.69, 9.17) is 5.73 Å². The van der Waals surface area contributed by atoms with Crippen molar-refractivity contribution >= 4 is 10.9 Å². The third kappa shape index (κ3) is 1.67. The van der Waals surface area contributed by atoms with Crippen LogP contribution >= 0.6 is 0 Å². The molecule has 1 aromatic carbocycles. The molecular weight excluding hydrogens is 208 g/mol. The first-order valence-electron chi connectivity index (χ1n) is 6.57. The smallest absolute Gasteiger partial charge is 0.0485 e. The third-order valence-corrected chi connectivity index (χ3v) is 4.22. The van der Waals surface area contributed by atoms with Crippen LogP contribution in [0.5, 0.6) is 0 Å². The van der Waals surface area contributed by atoms with Crippen LogP contribution in [-0.2, 0) is 0 Å². The molecule has 2 N–H and O–H groups in total. The summed E-state index contributed by atoms with van der Waals surface area (Å²) >= 11 is 0. The molecule has 0 bridgehead atoms. The first-order chi connectivity index (χ1) is 8.31. The number of hydrogen-bond donors (Lipinski definition) is 1. The number of hydrogen-bond acceptors (Lipinski definition) is 1. The first kappa shape index (κ1) is 10.8. The molecule has 1 fully saturated rings. The van der Waals surface area contributed by atoms with E-state index in [1.54, 1.807) is 0 Å². The van der Waals surface area contributed by atoms with E-state index in [-0.39, 0.29) is 0 Å². The van der Waals surface area contributed by atoms with Crippen molar-refractivity contribution in [2.45, 2.75) is 32.2 Å². The molecule has 2 heteroatoms. The van der Waals surface area contributed by atoms with E-state index in [2.05, 4.69) is 42.0 Å². The number of nitrogens with zero attached hydrogens (tertiary/aromatic N) is 1. The second-order valence-electron chi connectivity index (χ2n) is 5.23. The van der Waals surface area contributed by atoms with Gasteiger partial charge in [0.1, 0.15) is 0 Å². The largest absolute Gasteiger partial charge is 0.344 e. The summed E-state index contributed by atoms with van der Waals surface area (Å²) in [6.45, 7) is 3.02. The normalized spacial score (nSPS) is 24.6.